The molecule has 0 aliphatic heterocycles. The number of aromatic amines is 1. The van der Waals surface area contributed by atoms with Gasteiger partial charge in [0.1, 0.15) is 10.6 Å². The van der Waals surface area contributed by atoms with Gasteiger partial charge in [-0.05, 0) is 23.6 Å². The van der Waals surface area contributed by atoms with E-state index in [1.165, 1.54) is 0 Å². The van der Waals surface area contributed by atoms with E-state index in [4.69, 9.17) is 5.11 Å². The molecule has 0 amide bonds. The van der Waals surface area contributed by atoms with Crippen LogP contribution >= 0.6 is 0 Å². The molecule has 0 bridgehead atoms. The van der Waals surface area contributed by atoms with Gasteiger partial charge in [0.2, 0.25) is 10.0 Å². The lowest BCUT2D eigenvalue weighted by Crippen LogP contribution is -2.23. The first-order chi connectivity index (χ1) is 9.94. The van der Waals surface area contributed by atoms with Crippen LogP contribution in [0.3, 0.4) is 0 Å². The molecule has 3 N–H and O–H groups in total. The topological polar surface area (TPSA) is 99.3 Å². The number of rotatable bonds is 6. The van der Waals surface area contributed by atoms with Gasteiger partial charge in [-0.25, -0.2) is 17.9 Å². The average molecular weight is 308 g/mol. The summed E-state index contributed by atoms with van der Waals surface area (Å²) in [6.07, 6.45) is 1.97. The van der Waals surface area contributed by atoms with E-state index in [1.54, 1.807) is 0 Å². The fourth-order valence-corrected chi connectivity index (χ4v) is 2.98. The van der Waals surface area contributed by atoms with Crippen LogP contribution in [0.5, 0.6) is 0 Å². The van der Waals surface area contributed by atoms with Crippen molar-refractivity contribution in [2.45, 2.75) is 24.8 Å². The summed E-state index contributed by atoms with van der Waals surface area (Å²) >= 11 is 0. The Morgan fingerprint density at radius 1 is 1.29 bits per heavy atom. The fourth-order valence-electron chi connectivity index (χ4n) is 1.98. The van der Waals surface area contributed by atoms with Crippen molar-refractivity contribution in [3.8, 4) is 0 Å². The minimum atomic E-state index is -3.74. The third-order valence-electron chi connectivity index (χ3n) is 3.15. The van der Waals surface area contributed by atoms with Crippen molar-refractivity contribution in [1.29, 1.82) is 0 Å². The zero-order valence-corrected chi connectivity index (χ0v) is 12.3. The quantitative estimate of drug-likeness (QED) is 0.757. The smallest absolute Gasteiger partial charge is 0.352 e. The van der Waals surface area contributed by atoms with E-state index in [0.29, 0.717) is 0 Å². The van der Waals surface area contributed by atoms with E-state index < -0.39 is 16.0 Å². The van der Waals surface area contributed by atoms with Crippen LogP contribution in [0, 0.1) is 0 Å². The molecule has 0 spiro atoms. The molecular formula is C14H16N2O4S. The maximum absolute atomic E-state index is 12.1. The molecule has 1 aromatic carbocycles. The van der Waals surface area contributed by atoms with Crippen molar-refractivity contribution in [2.75, 3.05) is 0 Å². The number of H-pyrrole nitrogens is 1. The summed E-state index contributed by atoms with van der Waals surface area (Å²) in [5.74, 6) is -1.20. The minimum absolute atomic E-state index is 0.0890. The molecule has 0 aliphatic carbocycles. The third kappa shape index (κ3) is 3.50. The van der Waals surface area contributed by atoms with Gasteiger partial charge in [-0.2, -0.15) is 0 Å². The maximum Gasteiger partial charge on any atom is 0.352 e. The lowest BCUT2D eigenvalue weighted by atomic mass is 10.1. The van der Waals surface area contributed by atoms with E-state index in [2.05, 4.69) is 9.71 Å². The number of carbonyl (C=O) groups is 1. The number of hydrogen-bond donors (Lipinski definition) is 3. The summed E-state index contributed by atoms with van der Waals surface area (Å²) in [5.41, 5.74) is 1.81. The predicted molar refractivity (Wildman–Crippen MR) is 77.6 cm³/mol. The van der Waals surface area contributed by atoms with Crippen LogP contribution in [0.25, 0.3) is 0 Å². The van der Waals surface area contributed by atoms with E-state index >= 15 is 0 Å². The van der Waals surface area contributed by atoms with Crippen molar-refractivity contribution in [1.82, 2.24) is 9.71 Å². The molecule has 0 fully saturated rings. The Morgan fingerprint density at radius 3 is 2.52 bits per heavy atom. The lowest BCUT2D eigenvalue weighted by Gasteiger charge is -2.09. The van der Waals surface area contributed by atoms with Gasteiger partial charge in [0.05, 0.1) is 0 Å². The Hall–Kier alpha value is -2.12. The Kier molecular flexibility index (Phi) is 4.44. The van der Waals surface area contributed by atoms with E-state index in [9.17, 15) is 13.2 Å². The Morgan fingerprint density at radius 2 is 1.95 bits per heavy atom. The SMILES string of the molecule is CCc1ccccc1CNS(=O)(=O)c1c[nH]c(C(=O)O)c1. The van der Waals surface area contributed by atoms with Gasteiger partial charge >= 0.3 is 5.97 Å². The standard InChI is InChI=1S/C14H16N2O4S/c1-2-10-5-3-4-6-11(10)8-16-21(19,20)12-7-13(14(17)18)15-9-12/h3-7,9,15-16H,2,8H2,1H3,(H,17,18). The number of nitrogens with one attached hydrogen (secondary N) is 2. The van der Waals surface area contributed by atoms with Crippen molar-refractivity contribution in [3.05, 3.63) is 53.3 Å². The van der Waals surface area contributed by atoms with Crippen LogP contribution < -0.4 is 4.72 Å². The predicted octanol–water partition coefficient (Wildman–Crippen LogP) is 1.75. The van der Waals surface area contributed by atoms with Crippen LogP contribution in [-0.2, 0) is 23.0 Å². The van der Waals surface area contributed by atoms with Crippen molar-refractivity contribution in [3.63, 3.8) is 0 Å². The first-order valence-electron chi connectivity index (χ1n) is 6.42. The summed E-state index contributed by atoms with van der Waals surface area (Å²) in [6.45, 7) is 2.17. The number of benzene rings is 1. The molecule has 0 unspecified atom stereocenters. The second-order valence-electron chi connectivity index (χ2n) is 4.50. The van der Waals surface area contributed by atoms with Crippen LogP contribution in [0.4, 0.5) is 0 Å². The molecular weight excluding hydrogens is 292 g/mol. The summed E-state index contributed by atoms with van der Waals surface area (Å²) in [6, 6.07) is 8.66. The molecule has 0 aliphatic rings. The van der Waals surface area contributed by atoms with E-state index in [0.717, 1.165) is 29.8 Å². The maximum atomic E-state index is 12.1. The molecule has 1 aromatic heterocycles. The Balaban J connectivity index is 2.16. The number of aryl methyl sites for hydroxylation is 1. The Labute approximate surface area is 122 Å². The van der Waals surface area contributed by atoms with E-state index in [-0.39, 0.29) is 17.1 Å². The van der Waals surface area contributed by atoms with Crippen LogP contribution in [-0.4, -0.2) is 24.5 Å². The van der Waals surface area contributed by atoms with Crippen molar-refractivity contribution < 1.29 is 18.3 Å². The zero-order valence-electron chi connectivity index (χ0n) is 11.5. The highest BCUT2D eigenvalue weighted by molar-refractivity contribution is 7.89. The number of aromatic carboxylic acids is 1. The van der Waals surface area contributed by atoms with Gasteiger partial charge < -0.3 is 10.1 Å². The molecule has 21 heavy (non-hydrogen) atoms. The average Bonchev–Trinajstić information content (AvgIpc) is 2.96. The molecule has 7 heteroatoms. The molecule has 112 valence electrons. The van der Waals surface area contributed by atoms with E-state index in [1.807, 2.05) is 31.2 Å². The molecule has 0 saturated heterocycles. The number of aromatic nitrogens is 1. The van der Waals surface area contributed by atoms with Crippen molar-refractivity contribution >= 4 is 16.0 Å². The zero-order chi connectivity index (χ0) is 15.5. The minimum Gasteiger partial charge on any atom is -0.477 e. The van der Waals surface area contributed by atoms with Gasteiger partial charge in [0.15, 0.2) is 0 Å². The molecule has 6 nitrogen and oxygen atoms in total. The fraction of sp³-hybridized carbons (Fsp3) is 0.214. The second kappa shape index (κ2) is 6.11. The molecule has 0 saturated carbocycles. The molecule has 1 heterocycles. The molecule has 2 rings (SSSR count). The number of hydrogen-bond acceptors (Lipinski definition) is 3. The third-order valence-corrected chi connectivity index (χ3v) is 4.53. The highest BCUT2D eigenvalue weighted by atomic mass is 32.2. The van der Waals surface area contributed by atoms with Gasteiger partial charge in [-0.3, -0.25) is 0 Å². The highest BCUT2D eigenvalue weighted by Crippen LogP contribution is 2.13. The summed E-state index contributed by atoms with van der Waals surface area (Å²) in [4.78, 5) is 13.1. The van der Waals surface area contributed by atoms with Gasteiger partial charge in [-0.15, -0.1) is 0 Å². The Bertz CT molecular complexity index is 750. The molecule has 0 radical (unpaired) electrons. The summed E-state index contributed by atoms with van der Waals surface area (Å²) < 4.78 is 26.7. The van der Waals surface area contributed by atoms with Gasteiger partial charge in [-0.1, -0.05) is 31.2 Å². The number of carboxylic acid groups (broad SMARTS) is 1. The largest absolute Gasteiger partial charge is 0.477 e. The van der Waals surface area contributed by atoms with Crippen LogP contribution in [0.15, 0.2) is 41.4 Å². The first kappa shape index (κ1) is 15.3. The molecule has 2 aromatic rings. The van der Waals surface area contributed by atoms with Gasteiger partial charge in [0, 0.05) is 12.7 Å². The highest BCUT2D eigenvalue weighted by Gasteiger charge is 2.18. The lowest BCUT2D eigenvalue weighted by molar-refractivity contribution is 0.0691. The van der Waals surface area contributed by atoms with Crippen molar-refractivity contribution in [2.24, 2.45) is 0 Å². The number of carboxylic acids is 1. The first-order valence-corrected chi connectivity index (χ1v) is 7.90. The van der Waals surface area contributed by atoms with Gasteiger partial charge in [0.25, 0.3) is 0 Å². The summed E-state index contributed by atoms with van der Waals surface area (Å²) in [5, 5.41) is 8.79. The molecule has 0 atom stereocenters. The normalized spacial score (nSPS) is 11.5. The van der Waals surface area contributed by atoms with Crippen LogP contribution in [0.2, 0.25) is 0 Å². The second-order valence-corrected chi connectivity index (χ2v) is 6.27. The van der Waals surface area contributed by atoms with Crippen LogP contribution in [0.1, 0.15) is 28.5 Å². The monoisotopic (exact) mass is 308 g/mol. The summed E-state index contributed by atoms with van der Waals surface area (Å²) in [7, 11) is -3.74. The number of sulfonamides is 1.